The summed E-state index contributed by atoms with van der Waals surface area (Å²) in [5, 5.41) is 3.92. The van der Waals surface area contributed by atoms with Crippen molar-refractivity contribution in [2.24, 2.45) is 5.92 Å². The topological polar surface area (TPSA) is 15.3 Å². The van der Waals surface area contributed by atoms with Gasteiger partial charge in [-0.15, -0.1) is 0 Å². The van der Waals surface area contributed by atoms with Crippen LogP contribution in [0, 0.1) is 5.92 Å². The molecule has 1 aliphatic rings. The SMILES string of the molecule is CCCNC(CCCC(C)C)C(CC)(CC)N1CCCC1. The van der Waals surface area contributed by atoms with Gasteiger partial charge in [-0.05, 0) is 64.1 Å². The fraction of sp³-hybridized carbons (Fsp3) is 1.00. The van der Waals surface area contributed by atoms with Crippen LogP contribution in [0.4, 0.5) is 0 Å². The molecule has 0 aromatic heterocycles. The highest BCUT2D eigenvalue weighted by Gasteiger charge is 2.41. The standard InChI is InChI=1S/C19H40N2/c1-6-14-20-18(13-11-12-17(4)5)19(7-2,8-3)21-15-9-10-16-21/h17-18,20H,6-16H2,1-5H3. The molecule has 2 heteroatoms. The van der Waals surface area contributed by atoms with E-state index < -0.39 is 0 Å². The third-order valence-electron chi connectivity index (χ3n) is 5.52. The van der Waals surface area contributed by atoms with E-state index in [0.29, 0.717) is 11.6 Å². The van der Waals surface area contributed by atoms with Crippen LogP contribution in [0.15, 0.2) is 0 Å². The smallest absolute Gasteiger partial charge is 0.0357 e. The van der Waals surface area contributed by atoms with Crippen LogP contribution in [0.5, 0.6) is 0 Å². The molecule has 1 fully saturated rings. The number of hydrogen-bond acceptors (Lipinski definition) is 2. The minimum Gasteiger partial charge on any atom is -0.312 e. The van der Waals surface area contributed by atoms with Crippen LogP contribution in [-0.4, -0.2) is 36.1 Å². The van der Waals surface area contributed by atoms with E-state index in [4.69, 9.17) is 0 Å². The molecule has 0 aromatic carbocycles. The van der Waals surface area contributed by atoms with Gasteiger partial charge < -0.3 is 5.32 Å². The highest BCUT2D eigenvalue weighted by Crippen LogP contribution is 2.34. The summed E-state index contributed by atoms with van der Waals surface area (Å²) in [6.07, 6.45) is 10.7. The van der Waals surface area contributed by atoms with Crippen LogP contribution in [0.1, 0.15) is 86.0 Å². The Morgan fingerprint density at radius 2 is 1.62 bits per heavy atom. The van der Waals surface area contributed by atoms with Crippen molar-refractivity contribution < 1.29 is 0 Å². The van der Waals surface area contributed by atoms with Gasteiger partial charge in [-0.25, -0.2) is 0 Å². The van der Waals surface area contributed by atoms with Crippen LogP contribution >= 0.6 is 0 Å². The Balaban J connectivity index is 2.77. The predicted molar refractivity (Wildman–Crippen MR) is 94.9 cm³/mol. The van der Waals surface area contributed by atoms with Gasteiger partial charge in [0, 0.05) is 11.6 Å². The van der Waals surface area contributed by atoms with E-state index in [-0.39, 0.29) is 0 Å². The molecular formula is C19H40N2. The summed E-state index contributed by atoms with van der Waals surface area (Å²) < 4.78 is 0. The van der Waals surface area contributed by atoms with E-state index in [2.05, 4.69) is 44.8 Å². The molecular weight excluding hydrogens is 256 g/mol. The molecule has 0 aromatic rings. The third-order valence-corrected chi connectivity index (χ3v) is 5.52. The quantitative estimate of drug-likeness (QED) is 0.587. The molecule has 0 spiro atoms. The van der Waals surface area contributed by atoms with Crippen LogP contribution in [0.3, 0.4) is 0 Å². The number of likely N-dealkylation sites (tertiary alicyclic amines) is 1. The Kier molecular flexibility index (Phi) is 8.89. The minimum atomic E-state index is 0.392. The lowest BCUT2D eigenvalue weighted by molar-refractivity contribution is 0.0572. The second kappa shape index (κ2) is 9.84. The van der Waals surface area contributed by atoms with E-state index in [1.165, 1.54) is 71.0 Å². The first-order valence-electron chi connectivity index (χ1n) is 9.59. The Hall–Kier alpha value is -0.0800. The first-order valence-corrected chi connectivity index (χ1v) is 9.59. The van der Waals surface area contributed by atoms with Gasteiger partial charge in [0.05, 0.1) is 0 Å². The van der Waals surface area contributed by atoms with Crippen molar-refractivity contribution in [3.05, 3.63) is 0 Å². The van der Waals surface area contributed by atoms with Crippen molar-refractivity contribution in [3.8, 4) is 0 Å². The highest BCUT2D eigenvalue weighted by molar-refractivity contribution is 5.00. The monoisotopic (exact) mass is 296 g/mol. The molecule has 1 N–H and O–H groups in total. The number of nitrogens with zero attached hydrogens (tertiary/aromatic N) is 1. The maximum absolute atomic E-state index is 3.92. The van der Waals surface area contributed by atoms with Crippen molar-refractivity contribution in [2.75, 3.05) is 19.6 Å². The van der Waals surface area contributed by atoms with Crippen LogP contribution < -0.4 is 5.32 Å². The van der Waals surface area contributed by atoms with Crippen molar-refractivity contribution in [3.63, 3.8) is 0 Å². The Bertz CT molecular complexity index is 252. The summed E-state index contributed by atoms with van der Waals surface area (Å²) in [6, 6.07) is 0.671. The van der Waals surface area contributed by atoms with Gasteiger partial charge in [-0.1, -0.05) is 47.5 Å². The lowest BCUT2D eigenvalue weighted by Crippen LogP contribution is -2.60. The van der Waals surface area contributed by atoms with Gasteiger partial charge in [0.1, 0.15) is 0 Å². The Labute approximate surface area is 134 Å². The molecule has 0 aliphatic carbocycles. The van der Waals surface area contributed by atoms with Gasteiger partial charge in [0.2, 0.25) is 0 Å². The zero-order valence-corrected chi connectivity index (χ0v) is 15.4. The number of nitrogens with one attached hydrogen (secondary N) is 1. The summed E-state index contributed by atoms with van der Waals surface area (Å²) in [4.78, 5) is 2.82. The molecule has 1 atom stereocenters. The molecule has 1 rings (SSSR count). The van der Waals surface area contributed by atoms with Gasteiger partial charge >= 0.3 is 0 Å². The maximum atomic E-state index is 3.92. The van der Waals surface area contributed by atoms with E-state index >= 15 is 0 Å². The largest absolute Gasteiger partial charge is 0.312 e. The van der Waals surface area contributed by atoms with E-state index in [0.717, 1.165) is 5.92 Å². The molecule has 126 valence electrons. The fourth-order valence-corrected chi connectivity index (χ4v) is 4.18. The normalized spacial score (nSPS) is 18.6. The van der Waals surface area contributed by atoms with Crippen molar-refractivity contribution in [2.45, 2.75) is 97.6 Å². The number of rotatable bonds is 11. The Morgan fingerprint density at radius 3 is 2.10 bits per heavy atom. The van der Waals surface area contributed by atoms with Crippen LogP contribution in [0.2, 0.25) is 0 Å². The highest BCUT2D eigenvalue weighted by atomic mass is 15.2. The predicted octanol–water partition coefficient (Wildman–Crippen LogP) is 4.84. The lowest BCUT2D eigenvalue weighted by Gasteiger charge is -2.47. The molecule has 2 nitrogen and oxygen atoms in total. The van der Waals surface area contributed by atoms with Crippen LogP contribution in [-0.2, 0) is 0 Å². The second-order valence-corrected chi connectivity index (χ2v) is 7.34. The fourth-order valence-electron chi connectivity index (χ4n) is 4.18. The zero-order valence-electron chi connectivity index (χ0n) is 15.4. The van der Waals surface area contributed by atoms with Gasteiger partial charge in [-0.3, -0.25) is 4.90 Å². The first-order chi connectivity index (χ1) is 10.1. The van der Waals surface area contributed by atoms with E-state index in [9.17, 15) is 0 Å². The van der Waals surface area contributed by atoms with Crippen molar-refractivity contribution in [1.29, 1.82) is 0 Å². The third kappa shape index (κ3) is 5.25. The molecule has 0 amide bonds. The molecule has 21 heavy (non-hydrogen) atoms. The summed E-state index contributed by atoms with van der Waals surface area (Å²) in [7, 11) is 0. The summed E-state index contributed by atoms with van der Waals surface area (Å²) in [5.74, 6) is 0.835. The minimum absolute atomic E-state index is 0.392. The summed E-state index contributed by atoms with van der Waals surface area (Å²) in [5.41, 5.74) is 0.392. The van der Waals surface area contributed by atoms with Gasteiger partial charge in [0.25, 0.3) is 0 Å². The summed E-state index contributed by atoms with van der Waals surface area (Å²) >= 11 is 0. The molecule has 0 saturated carbocycles. The van der Waals surface area contributed by atoms with Crippen LogP contribution in [0.25, 0.3) is 0 Å². The molecule has 1 aliphatic heterocycles. The van der Waals surface area contributed by atoms with Crippen molar-refractivity contribution in [1.82, 2.24) is 10.2 Å². The Morgan fingerprint density at radius 1 is 1.00 bits per heavy atom. The molecule has 1 saturated heterocycles. The first kappa shape index (κ1) is 19.0. The average Bonchev–Trinajstić information content (AvgIpc) is 3.00. The molecule has 0 radical (unpaired) electrons. The molecule has 1 heterocycles. The van der Waals surface area contributed by atoms with Gasteiger partial charge in [-0.2, -0.15) is 0 Å². The summed E-state index contributed by atoms with van der Waals surface area (Å²) in [6.45, 7) is 15.6. The zero-order chi connectivity index (χ0) is 15.7. The molecule has 0 bridgehead atoms. The van der Waals surface area contributed by atoms with E-state index in [1.807, 2.05) is 0 Å². The molecule has 1 unspecified atom stereocenters. The lowest BCUT2D eigenvalue weighted by atomic mass is 9.80. The van der Waals surface area contributed by atoms with Gasteiger partial charge in [0.15, 0.2) is 0 Å². The maximum Gasteiger partial charge on any atom is 0.0357 e. The van der Waals surface area contributed by atoms with E-state index in [1.54, 1.807) is 0 Å². The number of hydrogen-bond donors (Lipinski definition) is 1. The average molecular weight is 297 g/mol. The van der Waals surface area contributed by atoms with Crippen molar-refractivity contribution >= 4 is 0 Å². The second-order valence-electron chi connectivity index (χ2n) is 7.34.